The predicted octanol–water partition coefficient (Wildman–Crippen LogP) is 3.54. The topological polar surface area (TPSA) is 3.24 Å². The number of nitrogens with zero attached hydrogens (tertiary/aromatic N) is 1. The molecule has 0 aromatic rings. The lowest BCUT2D eigenvalue weighted by Gasteiger charge is -2.43. The van der Waals surface area contributed by atoms with Crippen molar-refractivity contribution in [3.05, 3.63) is 0 Å². The van der Waals surface area contributed by atoms with Gasteiger partial charge in [0, 0.05) is 12.6 Å². The van der Waals surface area contributed by atoms with Crippen molar-refractivity contribution in [1.82, 2.24) is 4.90 Å². The molecule has 15 heavy (non-hydrogen) atoms. The second-order valence-electron chi connectivity index (χ2n) is 7.84. The highest BCUT2D eigenvalue weighted by Gasteiger charge is 2.56. The molecule has 0 amide bonds. The molecule has 2 rings (SSSR count). The summed E-state index contributed by atoms with van der Waals surface area (Å²) < 4.78 is 0. The van der Waals surface area contributed by atoms with Gasteiger partial charge in [-0.2, -0.15) is 0 Å². The van der Waals surface area contributed by atoms with Gasteiger partial charge >= 0.3 is 0 Å². The van der Waals surface area contributed by atoms with Crippen molar-refractivity contribution in [3.63, 3.8) is 0 Å². The van der Waals surface area contributed by atoms with Crippen molar-refractivity contribution in [2.75, 3.05) is 13.1 Å². The van der Waals surface area contributed by atoms with E-state index in [9.17, 15) is 0 Å². The number of piperidine rings is 1. The van der Waals surface area contributed by atoms with E-state index in [1.165, 1.54) is 25.9 Å². The van der Waals surface area contributed by atoms with Gasteiger partial charge in [0.1, 0.15) is 0 Å². The molecular weight excluding hydrogens is 182 g/mol. The van der Waals surface area contributed by atoms with E-state index in [0.717, 1.165) is 6.04 Å². The summed E-state index contributed by atoms with van der Waals surface area (Å²) >= 11 is 0. The van der Waals surface area contributed by atoms with Crippen molar-refractivity contribution in [2.24, 2.45) is 16.2 Å². The highest BCUT2D eigenvalue weighted by molar-refractivity contribution is 5.09. The third-order valence-corrected chi connectivity index (χ3v) is 5.00. The Morgan fingerprint density at radius 3 is 2.00 bits per heavy atom. The van der Waals surface area contributed by atoms with Crippen LogP contribution in [-0.4, -0.2) is 24.0 Å². The molecule has 2 bridgehead atoms. The van der Waals surface area contributed by atoms with Crippen molar-refractivity contribution in [3.8, 4) is 0 Å². The van der Waals surface area contributed by atoms with Crippen molar-refractivity contribution in [2.45, 2.75) is 60.4 Å². The molecule has 0 N–H and O–H groups in total. The number of fused-ring (bicyclic) bond motifs is 2. The largest absolute Gasteiger partial charge is 0.299 e. The fourth-order valence-electron chi connectivity index (χ4n) is 3.61. The fraction of sp³-hybridized carbons (Fsp3) is 1.00. The SMILES string of the molecule is CC(C)(C)C1CC2(C(C)(C)C)CCN1C2. The van der Waals surface area contributed by atoms with Crippen LogP contribution in [-0.2, 0) is 0 Å². The van der Waals surface area contributed by atoms with Crippen LogP contribution in [0.4, 0.5) is 0 Å². The van der Waals surface area contributed by atoms with Gasteiger partial charge in [0.15, 0.2) is 0 Å². The summed E-state index contributed by atoms with van der Waals surface area (Å²) in [5.74, 6) is 0. The molecule has 3 atom stereocenters. The van der Waals surface area contributed by atoms with E-state index >= 15 is 0 Å². The molecule has 2 fully saturated rings. The lowest BCUT2D eigenvalue weighted by molar-refractivity contribution is 0.0784. The van der Waals surface area contributed by atoms with Crippen molar-refractivity contribution < 1.29 is 0 Å². The van der Waals surface area contributed by atoms with E-state index in [2.05, 4.69) is 46.4 Å². The van der Waals surface area contributed by atoms with E-state index in [4.69, 9.17) is 0 Å². The highest BCUT2D eigenvalue weighted by atomic mass is 15.2. The summed E-state index contributed by atoms with van der Waals surface area (Å²) in [7, 11) is 0. The van der Waals surface area contributed by atoms with Crippen molar-refractivity contribution >= 4 is 0 Å². The minimum atomic E-state index is 0.452. The molecule has 0 aromatic heterocycles. The van der Waals surface area contributed by atoms with Gasteiger partial charge in [-0.3, -0.25) is 4.90 Å². The average molecular weight is 209 g/mol. The second-order valence-corrected chi connectivity index (χ2v) is 7.84. The standard InChI is InChI=1S/C14H27N/c1-12(2,3)11-9-14(13(4,5)6)7-8-15(11)10-14/h11H,7-10H2,1-6H3. The van der Waals surface area contributed by atoms with Crippen molar-refractivity contribution in [1.29, 1.82) is 0 Å². The number of hydrogen-bond donors (Lipinski definition) is 0. The molecule has 0 spiro atoms. The molecule has 88 valence electrons. The smallest absolute Gasteiger partial charge is 0.0150 e. The van der Waals surface area contributed by atoms with E-state index in [1.807, 2.05) is 0 Å². The first-order valence-electron chi connectivity index (χ1n) is 6.40. The summed E-state index contributed by atoms with van der Waals surface area (Å²) in [4.78, 5) is 2.74. The third-order valence-electron chi connectivity index (χ3n) is 5.00. The first-order chi connectivity index (χ1) is 6.66. The summed E-state index contributed by atoms with van der Waals surface area (Å²) in [6.07, 6.45) is 2.84. The Kier molecular flexibility index (Phi) is 2.29. The molecule has 0 aromatic carbocycles. The van der Waals surface area contributed by atoms with Gasteiger partial charge in [-0.25, -0.2) is 0 Å². The van der Waals surface area contributed by atoms with Gasteiger partial charge in [0.2, 0.25) is 0 Å². The molecule has 1 nitrogen and oxygen atoms in total. The minimum Gasteiger partial charge on any atom is -0.299 e. The zero-order chi connectivity index (χ0) is 11.5. The molecule has 0 aliphatic carbocycles. The van der Waals surface area contributed by atoms with Gasteiger partial charge < -0.3 is 0 Å². The second kappa shape index (κ2) is 3.00. The summed E-state index contributed by atoms with van der Waals surface area (Å²) in [6.45, 7) is 17.2. The molecule has 2 heterocycles. The summed E-state index contributed by atoms with van der Waals surface area (Å²) in [5.41, 5.74) is 1.53. The Morgan fingerprint density at radius 2 is 1.67 bits per heavy atom. The number of hydrogen-bond acceptors (Lipinski definition) is 1. The first kappa shape index (κ1) is 11.4. The lowest BCUT2D eigenvalue weighted by atomic mass is 9.62. The van der Waals surface area contributed by atoms with Gasteiger partial charge in [-0.15, -0.1) is 0 Å². The predicted molar refractivity (Wildman–Crippen MR) is 65.9 cm³/mol. The minimum absolute atomic E-state index is 0.452. The maximum atomic E-state index is 2.74. The molecule has 2 saturated heterocycles. The maximum Gasteiger partial charge on any atom is 0.0150 e. The van der Waals surface area contributed by atoms with Crippen LogP contribution >= 0.6 is 0 Å². The summed E-state index contributed by atoms with van der Waals surface area (Å²) in [5, 5.41) is 0. The third kappa shape index (κ3) is 1.63. The number of rotatable bonds is 0. The van der Waals surface area contributed by atoms with Crippen LogP contribution in [0.1, 0.15) is 54.4 Å². The Hall–Kier alpha value is -0.0400. The van der Waals surface area contributed by atoms with Gasteiger partial charge in [0.05, 0.1) is 0 Å². The molecule has 2 aliphatic rings. The van der Waals surface area contributed by atoms with E-state index in [0.29, 0.717) is 16.2 Å². The van der Waals surface area contributed by atoms with Crippen LogP contribution in [0.25, 0.3) is 0 Å². The first-order valence-corrected chi connectivity index (χ1v) is 6.40. The van der Waals surface area contributed by atoms with Gasteiger partial charge in [-0.05, 0) is 35.6 Å². The summed E-state index contributed by atoms with van der Waals surface area (Å²) in [6, 6.07) is 0.811. The lowest BCUT2D eigenvalue weighted by Crippen LogP contribution is -2.42. The Labute approximate surface area is 95.2 Å². The normalized spacial score (nSPS) is 41.2. The van der Waals surface area contributed by atoms with Crippen LogP contribution in [0, 0.1) is 16.2 Å². The van der Waals surface area contributed by atoms with Crippen LogP contribution in [0.15, 0.2) is 0 Å². The van der Waals surface area contributed by atoms with E-state index in [-0.39, 0.29) is 0 Å². The van der Waals surface area contributed by atoms with Crippen LogP contribution < -0.4 is 0 Å². The Balaban J connectivity index is 2.23. The quantitative estimate of drug-likeness (QED) is 0.590. The molecular formula is C14H27N. The van der Waals surface area contributed by atoms with E-state index < -0.39 is 0 Å². The van der Waals surface area contributed by atoms with Gasteiger partial charge in [-0.1, -0.05) is 41.5 Å². The van der Waals surface area contributed by atoms with Gasteiger partial charge in [0.25, 0.3) is 0 Å². The monoisotopic (exact) mass is 209 g/mol. The zero-order valence-corrected chi connectivity index (χ0v) is 11.4. The Bertz CT molecular complexity index is 255. The molecule has 0 saturated carbocycles. The molecule has 1 heteroatoms. The van der Waals surface area contributed by atoms with E-state index in [1.54, 1.807) is 0 Å². The van der Waals surface area contributed by atoms with Crippen LogP contribution in [0.5, 0.6) is 0 Å². The zero-order valence-electron chi connectivity index (χ0n) is 11.4. The highest BCUT2D eigenvalue weighted by Crippen LogP contribution is 2.57. The maximum absolute atomic E-state index is 2.74. The fourth-order valence-corrected chi connectivity index (χ4v) is 3.61. The van der Waals surface area contributed by atoms with Crippen LogP contribution in [0.2, 0.25) is 0 Å². The Morgan fingerprint density at radius 1 is 1.07 bits per heavy atom. The molecule has 3 unspecified atom stereocenters. The molecule has 0 radical (unpaired) electrons. The van der Waals surface area contributed by atoms with Crippen LogP contribution in [0.3, 0.4) is 0 Å². The average Bonchev–Trinajstić information content (AvgIpc) is 2.57. The molecule has 2 aliphatic heterocycles.